The summed E-state index contributed by atoms with van der Waals surface area (Å²) in [7, 11) is -3.95. The first-order valence-electron chi connectivity index (χ1n) is 9.52. The van der Waals surface area contributed by atoms with Crippen LogP contribution in [0.25, 0.3) is 22.3 Å². The van der Waals surface area contributed by atoms with Crippen LogP contribution in [-0.2, 0) is 9.84 Å². The molecule has 0 amide bonds. The fraction of sp³-hybridized carbons (Fsp3) is 0. The SMILES string of the molecule is Nc1cccc(-c2cc(N)ccc2S(=O)(=O)c2ccc(N)cc2-c2cccc(N)c2)c1. The van der Waals surface area contributed by atoms with Gasteiger partial charge in [-0.15, -0.1) is 0 Å². The predicted octanol–water partition coefficient (Wildman–Crippen LogP) is 4.18. The lowest BCUT2D eigenvalue weighted by Crippen LogP contribution is -2.07. The summed E-state index contributed by atoms with van der Waals surface area (Å²) in [5.41, 5.74) is 28.0. The molecule has 0 saturated heterocycles. The molecule has 6 nitrogen and oxygen atoms in total. The molecule has 4 aromatic rings. The summed E-state index contributed by atoms with van der Waals surface area (Å²) in [4.78, 5) is 0.254. The molecular weight excluding hydrogens is 408 g/mol. The molecule has 0 aliphatic heterocycles. The van der Waals surface area contributed by atoms with Crippen LogP contribution in [-0.4, -0.2) is 8.42 Å². The lowest BCUT2D eigenvalue weighted by atomic mass is 10.0. The predicted molar refractivity (Wildman–Crippen MR) is 127 cm³/mol. The van der Waals surface area contributed by atoms with Crippen molar-refractivity contribution in [3.05, 3.63) is 84.9 Å². The quantitative estimate of drug-likeness (QED) is 0.358. The first kappa shape index (κ1) is 20.3. The Morgan fingerprint density at radius 3 is 1.26 bits per heavy atom. The number of sulfone groups is 1. The number of hydrogen-bond acceptors (Lipinski definition) is 6. The van der Waals surface area contributed by atoms with E-state index in [0.29, 0.717) is 45.0 Å². The zero-order valence-electron chi connectivity index (χ0n) is 16.6. The van der Waals surface area contributed by atoms with Crippen molar-refractivity contribution in [2.45, 2.75) is 9.79 Å². The van der Waals surface area contributed by atoms with Gasteiger partial charge >= 0.3 is 0 Å². The van der Waals surface area contributed by atoms with Gasteiger partial charge in [0.15, 0.2) is 0 Å². The topological polar surface area (TPSA) is 138 Å². The first-order valence-corrected chi connectivity index (χ1v) is 11.0. The fourth-order valence-electron chi connectivity index (χ4n) is 3.55. The molecule has 0 bridgehead atoms. The van der Waals surface area contributed by atoms with Gasteiger partial charge in [0, 0.05) is 33.9 Å². The van der Waals surface area contributed by atoms with Gasteiger partial charge in [-0.3, -0.25) is 0 Å². The maximum absolute atomic E-state index is 13.9. The van der Waals surface area contributed by atoms with Crippen molar-refractivity contribution >= 4 is 32.6 Å². The molecule has 0 fully saturated rings. The van der Waals surface area contributed by atoms with Crippen LogP contribution in [0.15, 0.2) is 94.7 Å². The number of rotatable bonds is 4. The molecule has 0 aliphatic rings. The summed E-state index contributed by atoms with van der Waals surface area (Å²) in [5, 5.41) is 0. The van der Waals surface area contributed by atoms with E-state index < -0.39 is 9.84 Å². The van der Waals surface area contributed by atoms with E-state index >= 15 is 0 Å². The second-order valence-corrected chi connectivity index (χ2v) is 9.15. The number of nitrogen functional groups attached to an aromatic ring is 4. The average molecular weight is 431 g/mol. The Labute approximate surface area is 181 Å². The Morgan fingerprint density at radius 1 is 0.484 bits per heavy atom. The van der Waals surface area contributed by atoms with E-state index in [-0.39, 0.29) is 9.79 Å². The van der Waals surface area contributed by atoms with Gasteiger partial charge in [-0.25, -0.2) is 8.42 Å². The van der Waals surface area contributed by atoms with E-state index in [4.69, 9.17) is 22.9 Å². The molecular formula is C24H22N4O2S. The lowest BCUT2D eigenvalue weighted by molar-refractivity contribution is 0.596. The summed E-state index contributed by atoms with van der Waals surface area (Å²) in [6, 6.07) is 23.5. The zero-order valence-corrected chi connectivity index (χ0v) is 17.4. The minimum Gasteiger partial charge on any atom is -0.399 e. The molecule has 4 aromatic carbocycles. The molecule has 0 unspecified atom stereocenters. The third-order valence-electron chi connectivity index (χ3n) is 4.98. The van der Waals surface area contributed by atoms with Crippen LogP contribution >= 0.6 is 0 Å². The summed E-state index contributed by atoms with van der Waals surface area (Å²) in [5.74, 6) is 0. The van der Waals surface area contributed by atoms with Crippen LogP contribution < -0.4 is 22.9 Å². The molecule has 0 radical (unpaired) electrons. The van der Waals surface area contributed by atoms with Crippen LogP contribution in [0.4, 0.5) is 22.7 Å². The highest BCUT2D eigenvalue weighted by Gasteiger charge is 2.26. The highest BCUT2D eigenvalue weighted by atomic mass is 32.2. The molecule has 0 aliphatic carbocycles. The molecule has 156 valence electrons. The summed E-state index contributed by atoms with van der Waals surface area (Å²) in [6.45, 7) is 0. The van der Waals surface area contributed by atoms with Gasteiger partial charge in [0.05, 0.1) is 9.79 Å². The zero-order chi connectivity index (χ0) is 22.2. The summed E-state index contributed by atoms with van der Waals surface area (Å²) >= 11 is 0. The normalized spacial score (nSPS) is 11.4. The van der Waals surface area contributed by atoms with Crippen molar-refractivity contribution in [2.24, 2.45) is 0 Å². The monoisotopic (exact) mass is 430 g/mol. The smallest absolute Gasteiger partial charge is 0.207 e. The number of nitrogens with two attached hydrogens (primary N) is 4. The van der Waals surface area contributed by atoms with Crippen LogP contribution in [0.5, 0.6) is 0 Å². The van der Waals surface area contributed by atoms with Crippen molar-refractivity contribution in [3.8, 4) is 22.3 Å². The first-order chi connectivity index (χ1) is 14.8. The maximum atomic E-state index is 13.9. The Hall–Kier alpha value is -3.97. The van der Waals surface area contributed by atoms with Gasteiger partial charge in [-0.1, -0.05) is 24.3 Å². The second-order valence-electron chi connectivity index (χ2n) is 7.27. The highest BCUT2D eigenvalue weighted by molar-refractivity contribution is 7.91. The van der Waals surface area contributed by atoms with Crippen molar-refractivity contribution in [1.29, 1.82) is 0 Å². The Bertz CT molecular complexity index is 1300. The van der Waals surface area contributed by atoms with Crippen molar-refractivity contribution in [1.82, 2.24) is 0 Å². The van der Waals surface area contributed by atoms with E-state index in [9.17, 15) is 8.42 Å². The minimum absolute atomic E-state index is 0.127. The van der Waals surface area contributed by atoms with E-state index in [1.54, 1.807) is 72.8 Å². The molecule has 4 rings (SSSR count). The Balaban J connectivity index is 1.98. The summed E-state index contributed by atoms with van der Waals surface area (Å²) in [6.07, 6.45) is 0. The van der Waals surface area contributed by atoms with Crippen LogP contribution in [0.2, 0.25) is 0 Å². The number of hydrogen-bond donors (Lipinski definition) is 4. The molecule has 0 saturated carbocycles. The van der Waals surface area contributed by atoms with Crippen LogP contribution in [0.1, 0.15) is 0 Å². The van der Waals surface area contributed by atoms with E-state index in [2.05, 4.69) is 0 Å². The molecule has 8 N–H and O–H groups in total. The van der Waals surface area contributed by atoms with E-state index in [1.807, 2.05) is 0 Å². The van der Waals surface area contributed by atoms with Crippen molar-refractivity contribution in [2.75, 3.05) is 22.9 Å². The molecule has 7 heteroatoms. The number of anilines is 4. The van der Waals surface area contributed by atoms with Crippen molar-refractivity contribution in [3.63, 3.8) is 0 Å². The van der Waals surface area contributed by atoms with E-state index in [0.717, 1.165) is 0 Å². The third-order valence-corrected chi connectivity index (χ3v) is 6.85. The standard InChI is InChI=1S/C24H22N4O2S/c25-17-5-1-3-15(11-17)21-13-19(27)7-9-23(21)31(29,30)24-10-8-20(28)14-22(24)16-4-2-6-18(26)12-16/h1-14H,25-28H2. The fourth-order valence-corrected chi connectivity index (χ4v) is 5.21. The maximum Gasteiger partial charge on any atom is 0.207 e. The average Bonchev–Trinajstić information content (AvgIpc) is 2.73. The largest absolute Gasteiger partial charge is 0.399 e. The number of benzene rings is 4. The molecule has 31 heavy (non-hydrogen) atoms. The second kappa shape index (κ2) is 7.70. The Morgan fingerprint density at radius 2 is 0.871 bits per heavy atom. The van der Waals surface area contributed by atoms with E-state index in [1.165, 1.54) is 12.1 Å². The van der Waals surface area contributed by atoms with Gasteiger partial charge in [-0.2, -0.15) is 0 Å². The van der Waals surface area contributed by atoms with Crippen LogP contribution in [0.3, 0.4) is 0 Å². The molecule has 0 heterocycles. The van der Waals surface area contributed by atoms with Gasteiger partial charge in [-0.05, 0) is 71.8 Å². The van der Waals surface area contributed by atoms with Gasteiger partial charge in [0.2, 0.25) is 9.84 Å². The van der Waals surface area contributed by atoms with Crippen molar-refractivity contribution < 1.29 is 8.42 Å². The molecule has 0 aromatic heterocycles. The highest BCUT2D eigenvalue weighted by Crippen LogP contribution is 2.38. The third kappa shape index (κ3) is 3.91. The molecule has 0 atom stereocenters. The Kier molecular flexibility index (Phi) is 5.04. The van der Waals surface area contributed by atoms with Gasteiger partial charge in [0.25, 0.3) is 0 Å². The van der Waals surface area contributed by atoms with Crippen LogP contribution in [0, 0.1) is 0 Å². The summed E-state index contributed by atoms with van der Waals surface area (Å²) < 4.78 is 27.7. The van der Waals surface area contributed by atoms with Gasteiger partial charge in [0.1, 0.15) is 0 Å². The minimum atomic E-state index is -3.95. The lowest BCUT2D eigenvalue weighted by Gasteiger charge is -2.16. The molecule has 0 spiro atoms. The van der Waals surface area contributed by atoms with Gasteiger partial charge < -0.3 is 22.9 Å².